The molecule has 0 aliphatic carbocycles. The van der Waals surface area contributed by atoms with E-state index in [1.165, 1.54) is 7.11 Å². The van der Waals surface area contributed by atoms with E-state index < -0.39 is 12.3 Å². The number of aryl methyl sites for hydroxylation is 1. The summed E-state index contributed by atoms with van der Waals surface area (Å²) in [6, 6.07) is 3.47. The van der Waals surface area contributed by atoms with Gasteiger partial charge < -0.3 is 14.6 Å². The van der Waals surface area contributed by atoms with Gasteiger partial charge in [0.1, 0.15) is 11.3 Å². The monoisotopic (exact) mass is 194 g/mol. The van der Waals surface area contributed by atoms with Crippen LogP contribution in [0.3, 0.4) is 0 Å². The zero-order chi connectivity index (χ0) is 10.3. The van der Waals surface area contributed by atoms with Crippen LogP contribution in [0, 0.1) is 6.92 Å². The van der Waals surface area contributed by atoms with Crippen LogP contribution in [0.15, 0.2) is 12.1 Å². The van der Waals surface area contributed by atoms with Crippen molar-refractivity contribution >= 4 is 5.97 Å². The van der Waals surface area contributed by atoms with Gasteiger partial charge in [0, 0.05) is 5.56 Å². The van der Waals surface area contributed by atoms with Crippen molar-refractivity contribution in [3.8, 4) is 5.75 Å². The Hall–Kier alpha value is -1.55. The van der Waals surface area contributed by atoms with Gasteiger partial charge in [0.25, 0.3) is 0 Å². The average Bonchev–Trinajstić information content (AvgIpc) is 2.44. The van der Waals surface area contributed by atoms with Gasteiger partial charge in [-0.05, 0) is 18.6 Å². The molecule has 1 N–H and O–H groups in total. The molecule has 2 rings (SSSR count). The van der Waals surface area contributed by atoms with E-state index in [4.69, 9.17) is 9.47 Å². The van der Waals surface area contributed by atoms with Crippen molar-refractivity contribution in [1.82, 2.24) is 0 Å². The molecule has 4 heteroatoms. The van der Waals surface area contributed by atoms with Crippen LogP contribution >= 0.6 is 0 Å². The van der Waals surface area contributed by atoms with E-state index >= 15 is 0 Å². The summed E-state index contributed by atoms with van der Waals surface area (Å²) >= 11 is 0. The lowest BCUT2D eigenvalue weighted by atomic mass is 10.0. The normalized spacial score (nSPS) is 19.1. The molecule has 0 spiro atoms. The number of hydrogen-bond acceptors (Lipinski definition) is 4. The molecule has 0 aromatic heterocycles. The number of aliphatic hydroxyl groups excluding tert-OH is 1. The van der Waals surface area contributed by atoms with E-state index in [0.717, 1.165) is 5.56 Å². The van der Waals surface area contributed by atoms with Crippen molar-refractivity contribution in [3.05, 3.63) is 28.8 Å². The summed E-state index contributed by atoms with van der Waals surface area (Å²) in [5.74, 6) is -0.0970. The van der Waals surface area contributed by atoms with Crippen molar-refractivity contribution in [2.24, 2.45) is 0 Å². The van der Waals surface area contributed by atoms with Gasteiger partial charge in [-0.15, -0.1) is 0 Å². The Morgan fingerprint density at radius 1 is 1.50 bits per heavy atom. The number of benzene rings is 1. The topological polar surface area (TPSA) is 55.8 Å². The largest absolute Gasteiger partial charge is 0.496 e. The predicted octanol–water partition coefficient (Wildman–Crippen LogP) is 1.16. The van der Waals surface area contributed by atoms with Gasteiger partial charge in [0.15, 0.2) is 0 Å². The molecule has 1 heterocycles. The van der Waals surface area contributed by atoms with Gasteiger partial charge in [-0.1, -0.05) is 6.07 Å². The Morgan fingerprint density at radius 2 is 2.21 bits per heavy atom. The number of carbonyl (C=O) groups is 1. The molecule has 1 aromatic carbocycles. The fourth-order valence-electron chi connectivity index (χ4n) is 1.62. The second-order valence-corrected chi connectivity index (χ2v) is 3.13. The summed E-state index contributed by atoms with van der Waals surface area (Å²) in [5, 5.41) is 9.45. The highest BCUT2D eigenvalue weighted by atomic mass is 16.6. The number of hydrogen-bond donors (Lipinski definition) is 1. The smallest absolute Gasteiger partial charge is 0.345 e. The highest BCUT2D eigenvalue weighted by molar-refractivity contribution is 5.97. The number of methoxy groups -OCH3 is 1. The van der Waals surface area contributed by atoms with Crippen LogP contribution in [0.2, 0.25) is 0 Å². The number of aliphatic hydroxyl groups is 1. The minimum Gasteiger partial charge on any atom is -0.496 e. The molecule has 14 heavy (non-hydrogen) atoms. The Labute approximate surface area is 81.1 Å². The molecule has 1 unspecified atom stereocenters. The summed E-state index contributed by atoms with van der Waals surface area (Å²) < 4.78 is 9.71. The standard InChI is InChI=1S/C10H10O4/c1-5-3-4-6(13-2)8-7(5)9(11)14-10(8)12/h3-4,9,11H,1-2H3. The highest BCUT2D eigenvalue weighted by Crippen LogP contribution is 2.36. The van der Waals surface area contributed by atoms with Crippen LogP contribution in [0.4, 0.5) is 0 Å². The average molecular weight is 194 g/mol. The van der Waals surface area contributed by atoms with Gasteiger partial charge in [-0.2, -0.15) is 0 Å². The van der Waals surface area contributed by atoms with Gasteiger partial charge in [-0.25, -0.2) is 4.79 Å². The van der Waals surface area contributed by atoms with Gasteiger partial charge >= 0.3 is 5.97 Å². The van der Waals surface area contributed by atoms with E-state index in [-0.39, 0.29) is 0 Å². The maximum Gasteiger partial charge on any atom is 0.345 e. The van der Waals surface area contributed by atoms with Gasteiger partial charge in [-0.3, -0.25) is 0 Å². The van der Waals surface area contributed by atoms with Crippen LogP contribution in [0.1, 0.15) is 27.8 Å². The number of cyclic esters (lactones) is 1. The van der Waals surface area contributed by atoms with E-state index in [1.807, 2.05) is 6.92 Å². The molecule has 1 aliphatic rings. The first kappa shape index (κ1) is 9.02. The molecule has 1 aliphatic heterocycles. The van der Waals surface area contributed by atoms with Crippen LogP contribution in [0.5, 0.6) is 5.75 Å². The molecular formula is C10H10O4. The Morgan fingerprint density at radius 3 is 2.86 bits per heavy atom. The highest BCUT2D eigenvalue weighted by Gasteiger charge is 2.34. The summed E-state index contributed by atoms with van der Waals surface area (Å²) in [6.07, 6.45) is -1.16. The lowest BCUT2D eigenvalue weighted by Crippen LogP contribution is -1.98. The second kappa shape index (κ2) is 2.99. The first-order valence-electron chi connectivity index (χ1n) is 4.21. The van der Waals surface area contributed by atoms with Gasteiger partial charge in [0.05, 0.1) is 7.11 Å². The second-order valence-electron chi connectivity index (χ2n) is 3.13. The number of carbonyl (C=O) groups excluding carboxylic acids is 1. The number of fused-ring (bicyclic) bond motifs is 1. The Bertz CT molecular complexity index is 397. The Kier molecular flexibility index (Phi) is 1.93. The van der Waals surface area contributed by atoms with E-state index in [1.54, 1.807) is 12.1 Å². The van der Waals surface area contributed by atoms with Crippen molar-refractivity contribution in [2.45, 2.75) is 13.2 Å². The zero-order valence-electron chi connectivity index (χ0n) is 7.90. The van der Waals surface area contributed by atoms with Crippen LogP contribution in [0.25, 0.3) is 0 Å². The lowest BCUT2D eigenvalue weighted by Gasteiger charge is -2.07. The molecule has 1 aromatic rings. The van der Waals surface area contributed by atoms with Crippen LogP contribution < -0.4 is 4.74 Å². The number of ether oxygens (including phenoxy) is 2. The number of esters is 1. The third-order valence-electron chi connectivity index (χ3n) is 2.31. The molecule has 0 bridgehead atoms. The minimum atomic E-state index is -1.16. The first-order chi connectivity index (χ1) is 6.65. The zero-order valence-corrected chi connectivity index (χ0v) is 7.90. The molecule has 1 atom stereocenters. The van der Waals surface area contributed by atoms with E-state index in [0.29, 0.717) is 16.9 Å². The summed E-state index contributed by atoms with van der Waals surface area (Å²) in [5.41, 5.74) is 1.66. The fraction of sp³-hybridized carbons (Fsp3) is 0.300. The summed E-state index contributed by atoms with van der Waals surface area (Å²) in [6.45, 7) is 1.81. The molecule has 4 nitrogen and oxygen atoms in total. The minimum absolute atomic E-state index is 0.333. The van der Waals surface area contributed by atoms with Crippen molar-refractivity contribution in [2.75, 3.05) is 7.11 Å². The van der Waals surface area contributed by atoms with E-state index in [9.17, 15) is 9.90 Å². The molecule has 0 fully saturated rings. The van der Waals surface area contributed by atoms with Crippen molar-refractivity contribution in [3.63, 3.8) is 0 Å². The maximum atomic E-state index is 11.3. The Balaban J connectivity index is 2.69. The summed E-state index contributed by atoms with van der Waals surface area (Å²) in [7, 11) is 1.48. The molecular weight excluding hydrogens is 184 g/mol. The lowest BCUT2D eigenvalue weighted by molar-refractivity contribution is -0.0550. The quantitative estimate of drug-likeness (QED) is 0.681. The fourth-order valence-corrected chi connectivity index (χ4v) is 1.62. The third-order valence-corrected chi connectivity index (χ3v) is 2.31. The van der Waals surface area contributed by atoms with Crippen LogP contribution in [-0.2, 0) is 4.74 Å². The van der Waals surface area contributed by atoms with Crippen LogP contribution in [-0.4, -0.2) is 18.2 Å². The molecule has 0 amide bonds. The van der Waals surface area contributed by atoms with Crippen molar-refractivity contribution in [1.29, 1.82) is 0 Å². The SMILES string of the molecule is COc1ccc(C)c2c1C(=O)OC2O. The third kappa shape index (κ3) is 1.08. The predicted molar refractivity (Wildman–Crippen MR) is 48.1 cm³/mol. The number of rotatable bonds is 1. The first-order valence-corrected chi connectivity index (χ1v) is 4.21. The molecule has 0 radical (unpaired) electrons. The van der Waals surface area contributed by atoms with E-state index in [2.05, 4.69) is 0 Å². The maximum absolute atomic E-state index is 11.3. The molecule has 74 valence electrons. The molecule has 0 saturated carbocycles. The van der Waals surface area contributed by atoms with Gasteiger partial charge in [0.2, 0.25) is 6.29 Å². The summed E-state index contributed by atoms with van der Waals surface area (Å²) in [4.78, 5) is 11.3. The molecule has 0 saturated heterocycles. The van der Waals surface area contributed by atoms with Crippen molar-refractivity contribution < 1.29 is 19.4 Å².